The van der Waals surface area contributed by atoms with Crippen molar-refractivity contribution in [3.8, 4) is 5.88 Å². The number of hydrogen-bond donors (Lipinski definition) is 1. The van der Waals surface area contributed by atoms with Gasteiger partial charge in [0.25, 0.3) is 0 Å². The Bertz CT molecular complexity index is 351. The second-order valence-electron chi connectivity index (χ2n) is 4.72. The number of nitrogens with one attached hydrogen (secondary N) is 1. The van der Waals surface area contributed by atoms with Crippen LogP contribution in [0.1, 0.15) is 25.3 Å². The molecule has 0 saturated carbocycles. The lowest BCUT2D eigenvalue weighted by Gasteiger charge is -2.10. The van der Waals surface area contributed by atoms with E-state index < -0.39 is 0 Å². The van der Waals surface area contributed by atoms with Crippen LogP contribution in [-0.4, -0.2) is 31.3 Å². The third-order valence-corrected chi connectivity index (χ3v) is 3.05. The SMILES string of the molecule is CCCNCc1ccnc(OCC2CCOC2)c1. The second-order valence-corrected chi connectivity index (χ2v) is 4.72. The molecule has 1 aliphatic rings. The van der Waals surface area contributed by atoms with Crippen LogP contribution in [0.5, 0.6) is 5.88 Å². The Kier molecular flexibility index (Phi) is 5.42. The molecule has 0 amide bonds. The Morgan fingerprint density at radius 3 is 3.28 bits per heavy atom. The van der Waals surface area contributed by atoms with Crippen molar-refractivity contribution in [1.29, 1.82) is 0 Å². The molecule has 100 valence electrons. The summed E-state index contributed by atoms with van der Waals surface area (Å²) >= 11 is 0. The third-order valence-electron chi connectivity index (χ3n) is 3.05. The highest BCUT2D eigenvalue weighted by atomic mass is 16.5. The van der Waals surface area contributed by atoms with Gasteiger partial charge in [0.15, 0.2) is 0 Å². The fourth-order valence-electron chi connectivity index (χ4n) is 1.97. The van der Waals surface area contributed by atoms with Gasteiger partial charge in [-0.05, 0) is 31.0 Å². The molecule has 2 heterocycles. The summed E-state index contributed by atoms with van der Waals surface area (Å²) in [6, 6.07) is 4.03. The Morgan fingerprint density at radius 2 is 2.50 bits per heavy atom. The Labute approximate surface area is 109 Å². The van der Waals surface area contributed by atoms with Gasteiger partial charge in [0.05, 0.1) is 13.2 Å². The van der Waals surface area contributed by atoms with Crippen LogP contribution >= 0.6 is 0 Å². The zero-order chi connectivity index (χ0) is 12.6. The maximum absolute atomic E-state index is 5.72. The van der Waals surface area contributed by atoms with Crippen molar-refractivity contribution >= 4 is 0 Å². The standard InChI is InChI=1S/C14H22N2O2/c1-2-5-15-9-12-3-6-16-14(8-12)18-11-13-4-7-17-10-13/h3,6,8,13,15H,2,4-5,7,9-11H2,1H3. The normalized spacial score (nSPS) is 19.1. The van der Waals surface area contributed by atoms with Gasteiger partial charge in [0, 0.05) is 31.3 Å². The van der Waals surface area contributed by atoms with E-state index in [0.717, 1.165) is 45.0 Å². The molecule has 2 rings (SSSR count). The molecular formula is C14H22N2O2. The van der Waals surface area contributed by atoms with E-state index in [4.69, 9.17) is 9.47 Å². The first-order valence-electron chi connectivity index (χ1n) is 6.74. The topological polar surface area (TPSA) is 43.4 Å². The Hall–Kier alpha value is -1.13. The monoisotopic (exact) mass is 250 g/mol. The average molecular weight is 250 g/mol. The molecule has 1 saturated heterocycles. The van der Waals surface area contributed by atoms with E-state index in [9.17, 15) is 0 Å². The first-order valence-corrected chi connectivity index (χ1v) is 6.74. The number of aromatic nitrogens is 1. The molecule has 1 fully saturated rings. The van der Waals surface area contributed by atoms with Crippen LogP contribution in [0.15, 0.2) is 18.3 Å². The zero-order valence-electron chi connectivity index (χ0n) is 11.0. The van der Waals surface area contributed by atoms with E-state index in [1.54, 1.807) is 0 Å². The second kappa shape index (κ2) is 7.34. The van der Waals surface area contributed by atoms with Crippen LogP contribution in [0, 0.1) is 5.92 Å². The molecule has 1 N–H and O–H groups in total. The van der Waals surface area contributed by atoms with Crippen molar-refractivity contribution in [2.24, 2.45) is 5.92 Å². The van der Waals surface area contributed by atoms with Gasteiger partial charge in [0.2, 0.25) is 5.88 Å². The lowest BCUT2D eigenvalue weighted by atomic mass is 10.1. The van der Waals surface area contributed by atoms with E-state index in [0.29, 0.717) is 12.5 Å². The summed E-state index contributed by atoms with van der Waals surface area (Å²) in [4.78, 5) is 4.24. The maximum Gasteiger partial charge on any atom is 0.213 e. The molecule has 1 aromatic heterocycles. The fraction of sp³-hybridized carbons (Fsp3) is 0.643. The molecule has 0 aliphatic carbocycles. The largest absolute Gasteiger partial charge is 0.477 e. The molecule has 1 atom stereocenters. The lowest BCUT2D eigenvalue weighted by molar-refractivity contribution is 0.165. The van der Waals surface area contributed by atoms with Crippen molar-refractivity contribution in [3.63, 3.8) is 0 Å². The molecule has 4 heteroatoms. The van der Waals surface area contributed by atoms with Crippen molar-refractivity contribution in [2.75, 3.05) is 26.4 Å². The summed E-state index contributed by atoms with van der Waals surface area (Å²) in [7, 11) is 0. The predicted molar refractivity (Wildman–Crippen MR) is 70.7 cm³/mol. The summed E-state index contributed by atoms with van der Waals surface area (Å²) < 4.78 is 11.0. The van der Waals surface area contributed by atoms with Gasteiger partial charge in [-0.25, -0.2) is 4.98 Å². The Morgan fingerprint density at radius 1 is 1.56 bits per heavy atom. The molecule has 0 spiro atoms. The van der Waals surface area contributed by atoms with Crippen LogP contribution < -0.4 is 10.1 Å². The van der Waals surface area contributed by atoms with E-state index in [2.05, 4.69) is 17.2 Å². The highest BCUT2D eigenvalue weighted by Gasteiger charge is 2.16. The zero-order valence-corrected chi connectivity index (χ0v) is 11.0. The molecule has 0 aromatic carbocycles. The Balaban J connectivity index is 1.78. The van der Waals surface area contributed by atoms with Crippen molar-refractivity contribution in [2.45, 2.75) is 26.3 Å². The summed E-state index contributed by atoms with van der Waals surface area (Å²) in [5.41, 5.74) is 1.22. The van der Waals surface area contributed by atoms with Gasteiger partial charge in [-0.1, -0.05) is 6.92 Å². The summed E-state index contributed by atoms with van der Waals surface area (Å²) in [5, 5.41) is 3.37. The summed E-state index contributed by atoms with van der Waals surface area (Å²) in [6.45, 7) is 6.47. The minimum atomic E-state index is 0.522. The number of pyridine rings is 1. The molecule has 1 unspecified atom stereocenters. The molecule has 0 bridgehead atoms. The lowest BCUT2D eigenvalue weighted by Crippen LogP contribution is -2.15. The van der Waals surface area contributed by atoms with Crippen molar-refractivity contribution < 1.29 is 9.47 Å². The molecule has 1 aliphatic heterocycles. The minimum absolute atomic E-state index is 0.522. The minimum Gasteiger partial charge on any atom is -0.477 e. The van der Waals surface area contributed by atoms with Crippen LogP contribution in [0.4, 0.5) is 0 Å². The van der Waals surface area contributed by atoms with Crippen molar-refractivity contribution in [3.05, 3.63) is 23.9 Å². The first kappa shape index (κ1) is 13.3. The predicted octanol–water partition coefficient (Wildman–Crippen LogP) is 2.00. The fourth-order valence-corrected chi connectivity index (χ4v) is 1.97. The molecule has 1 aromatic rings. The van der Waals surface area contributed by atoms with Crippen LogP contribution in [0.25, 0.3) is 0 Å². The van der Waals surface area contributed by atoms with Crippen LogP contribution in [-0.2, 0) is 11.3 Å². The third kappa shape index (κ3) is 4.27. The first-order chi connectivity index (χ1) is 8.88. The van der Waals surface area contributed by atoms with E-state index in [1.807, 2.05) is 18.3 Å². The summed E-state index contributed by atoms with van der Waals surface area (Å²) in [5.74, 6) is 1.24. The van der Waals surface area contributed by atoms with Crippen molar-refractivity contribution in [1.82, 2.24) is 10.3 Å². The summed E-state index contributed by atoms with van der Waals surface area (Å²) in [6.07, 6.45) is 4.05. The van der Waals surface area contributed by atoms with Gasteiger partial charge >= 0.3 is 0 Å². The van der Waals surface area contributed by atoms with E-state index >= 15 is 0 Å². The molecule has 18 heavy (non-hydrogen) atoms. The van der Waals surface area contributed by atoms with E-state index in [-0.39, 0.29) is 0 Å². The highest BCUT2D eigenvalue weighted by Crippen LogP contribution is 2.15. The highest BCUT2D eigenvalue weighted by molar-refractivity contribution is 5.20. The smallest absolute Gasteiger partial charge is 0.213 e. The van der Waals surface area contributed by atoms with E-state index in [1.165, 1.54) is 5.56 Å². The van der Waals surface area contributed by atoms with Gasteiger partial charge in [0.1, 0.15) is 0 Å². The number of nitrogens with zero attached hydrogens (tertiary/aromatic N) is 1. The van der Waals surface area contributed by atoms with Crippen LogP contribution in [0.3, 0.4) is 0 Å². The van der Waals surface area contributed by atoms with Gasteiger partial charge in [-0.15, -0.1) is 0 Å². The maximum atomic E-state index is 5.72. The number of hydrogen-bond acceptors (Lipinski definition) is 4. The quantitative estimate of drug-likeness (QED) is 0.752. The van der Waals surface area contributed by atoms with Gasteiger partial charge < -0.3 is 14.8 Å². The van der Waals surface area contributed by atoms with Crippen LogP contribution in [0.2, 0.25) is 0 Å². The molecule has 4 nitrogen and oxygen atoms in total. The molecule has 0 radical (unpaired) electrons. The number of ether oxygens (including phenoxy) is 2. The average Bonchev–Trinajstić information content (AvgIpc) is 2.90. The van der Waals surface area contributed by atoms with Gasteiger partial charge in [-0.3, -0.25) is 0 Å². The molecular weight excluding hydrogens is 228 g/mol. The van der Waals surface area contributed by atoms with Gasteiger partial charge in [-0.2, -0.15) is 0 Å². The number of rotatable bonds is 7.